The minimum Gasteiger partial charge on any atom is -0.398 e. The number of hydrogen-bond acceptors (Lipinski definition) is 4. The van der Waals surface area contributed by atoms with Crippen molar-refractivity contribution >= 4 is 33.9 Å². The zero-order valence-corrected chi connectivity index (χ0v) is 11.9. The molecule has 1 aromatic heterocycles. The van der Waals surface area contributed by atoms with Crippen LogP contribution < -0.4 is 10.6 Å². The number of fused-ring (bicyclic) bond motifs is 1. The molecule has 0 aliphatic rings. The van der Waals surface area contributed by atoms with E-state index in [0.29, 0.717) is 0 Å². The number of benzene rings is 1. The van der Waals surface area contributed by atoms with Crippen molar-refractivity contribution in [1.82, 2.24) is 4.98 Å². The van der Waals surface area contributed by atoms with Crippen molar-refractivity contribution < 1.29 is 0 Å². The molecule has 0 atom stereocenters. The molecule has 1 heterocycles. The summed E-state index contributed by atoms with van der Waals surface area (Å²) in [6.07, 6.45) is 3.99. The molecule has 96 valence electrons. The van der Waals surface area contributed by atoms with Crippen LogP contribution in [0.5, 0.6) is 0 Å². The van der Waals surface area contributed by atoms with Crippen LogP contribution in [-0.4, -0.2) is 30.6 Å². The first-order valence-corrected chi connectivity index (χ1v) is 7.38. The van der Waals surface area contributed by atoms with Crippen LogP contribution in [-0.2, 0) is 0 Å². The van der Waals surface area contributed by atoms with E-state index in [1.54, 1.807) is 0 Å². The van der Waals surface area contributed by atoms with Gasteiger partial charge in [0.2, 0.25) is 0 Å². The van der Waals surface area contributed by atoms with E-state index >= 15 is 0 Å². The van der Waals surface area contributed by atoms with E-state index in [2.05, 4.69) is 35.3 Å². The topological polar surface area (TPSA) is 42.1 Å². The second kappa shape index (κ2) is 5.48. The molecule has 18 heavy (non-hydrogen) atoms. The maximum absolute atomic E-state index is 6.01. The largest absolute Gasteiger partial charge is 0.398 e. The van der Waals surface area contributed by atoms with Crippen LogP contribution in [0.25, 0.3) is 10.8 Å². The van der Waals surface area contributed by atoms with Gasteiger partial charge in [-0.15, -0.1) is 0 Å². The Kier molecular flexibility index (Phi) is 3.97. The molecule has 3 nitrogen and oxygen atoms in total. The van der Waals surface area contributed by atoms with Gasteiger partial charge in [0.05, 0.1) is 0 Å². The number of nitrogens with two attached hydrogens (primary N) is 1. The highest BCUT2D eigenvalue weighted by molar-refractivity contribution is 7.98. The first-order chi connectivity index (χ1) is 8.63. The number of pyridine rings is 1. The molecule has 0 saturated carbocycles. The molecule has 0 amide bonds. The lowest BCUT2D eigenvalue weighted by Crippen LogP contribution is -2.20. The van der Waals surface area contributed by atoms with Gasteiger partial charge in [0.1, 0.15) is 0 Å². The van der Waals surface area contributed by atoms with Gasteiger partial charge in [-0.05, 0) is 31.4 Å². The van der Waals surface area contributed by atoms with E-state index in [1.807, 2.05) is 30.9 Å². The summed E-state index contributed by atoms with van der Waals surface area (Å²) in [5.41, 5.74) is 9.05. The number of nitrogen functional groups attached to an aromatic ring is 1. The smallest absolute Gasteiger partial charge is 0.0446 e. The summed E-state index contributed by atoms with van der Waals surface area (Å²) >= 11 is 1.86. The Labute approximate surface area is 112 Å². The lowest BCUT2D eigenvalue weighted by atomic mass is 10.1. The highest BCUT2D eigenvalue weighted by atomic mass is 32.2. The van der Waals surface area contributed by atoms with Crippen molar-refractivity contribution in [2.45, 2.75) is 6.92 Å². The second-order valence-corrected chi connectivity index (χ2v) is 5.45. The molecule has 2 N–H and O–H groups in total. The van der Waals surface area contributed by atoms with E-state index in [-0.39, 0.29) is 0 Å². The number of aryl methyl sites for hydroxylation is 1. The lowest BCUT2D eigenvalue weighted by molar-refractivity contribution is 0.984. The Balaban J connectivity index is 2.50. The summed E-state index contributed by atoms with van der Waals surface area (Å²) in [6, 6.07) is 6.16. The third-order valence-electron chi connectivity index (χ3n) is 3.09. The van der Waals surface area contributed by atoms with Crippen LogP contribution >= 0.6 is 11.8 Å². The molecule has 0 saturated heterocycles. The number of anilines is 2. The van der Waals surface area contributed by atoms with Crippen molar-refractivity contribution in [3.63, 3.8) is 0 Å². The zero-order chi connectivity index (χ0) is 13.1. The van der Waals surface area contributed by atoms with Crippen molar-refractivity contribution in [2.75, 3.05) is 36.2 Å². The molecule has 2 rings (SSSR count). The maximum Gasteiger partial charge on any atom is 0.0446 e. The average Bonchev–Trinajstić information content (AvgIpc) is 2.36. The van der Waals surface area contributed by atoms with Crippen LogP contribution in [0.4, 0.5) is 11.4 Å². The highest BCUT2D eigenvalue weighted by Crippen LogP contribution is 2.30. The molecule has 1 aromatic carbocycles. The summed E-state index contributed by atoms with van der Waals surface area (Å²) in [6.45, 7) is 3.04. The number of rotatable bonds is 4. The van der Waals surface area contributed by atoms with E-state index < -0.39 is 0 Å². The molecule has 0 radical (unpaired) electrons. The van der Waals surface area contributed by atoms with Gasteiger partial charge >= 0.3 is 0 Å². The Morgan fingerprint density at radius 3 is 2.83 bits per heavy atom. The summed E-state index contributed by atoms with van der Waals surface area (Å²) in [7, 11) is 2.12. The van der Waals surface area contributed by atoms with Crippen molar-refractivity contribution in [1.29, 1.82) is 0 Å². The maximum atomic E-state index is 6.01. The van der Waals surface area contributed by atoms with E-state index in [0.717, 1.165) is 29.1 Å². The lowest BCUT2D eigenvalue weighted by Gasteiger charge is -2.21. The first kappa shape index (κ1) is 13.0. The number of thioether (sulfide) groups is 1. The molecule has 0 spiro atoms. The number of hydrogen-bond donors (Lipinski definition) is 1. The van der Waals surface area contributed by atoms with Crippen LogP contribution in [0.3, 0.4) is 0 Å². The van der Waals surface area contributed by atoms with E-state index in [9.17, 15) is 0 Å². The summed E-state index contributed by atoms with van der Waals surface area (Å²) in [5.74, 6) is 1.12. The fourth-order valence-electron chi connectivity index (χ4n) is 2.03. The molecular weight excluding hydrogens is 242 g/mol. The highest BCUT2D eigenvalue weighted by Gasteiger charge is 2.08. The Bertz CT molecular complexity index is 554. The number of aromatic nitrogens is 1. The van der Waals surface area contributed by atoms with Crippen LogP contribution in [0.2, 0.25) is 0 Å². The molecular formula is C14H19N3S. The van der Waals surface area contributed by atoms with Gasteiger partial charge in [-0.1, -0.05) is 0 Å². The van der Waals surface area contributed by atoms with Crippen LogP contribution in [0, 0.1) is 6.92 Å². The molecule has 0 aliphatic heterocycles. The SMILES string of the molecule is CSCCN(C)c1ccc(N)c2cnc(C)cc12. The Hall–Kier alpha value is -1.42. The minimum absolute atomic E-state index is 0.791. The van der Waals surface area contributed by atoms with E-state index in [4.69, 9.17) is 5.73 Å². The summed E-state index contributed by atoms with van der Waals surface area (Å²) in [5, 5.41) is 2.22. The predicted octanol–water partition coefficient (Wildman–Crippen LogP) is 2.92. The van der Waals surface area contributed by atoms with Gasteiger partial charge in [0.15, 0.2) is 0 Å². The molecule has 0 unspecified atom stereocenters. The van der Waals surface area contributed by atoms with Gasteiger partial charge in [-0.2, -0.15) is 11.8 Å². The normalized spacial score (nSPS) is 10.8. The zero-order valence-electron chi connectivity index (χ0n) is 11.1. The number of nitrogens with zero attached hydrogens (tertiary/aromatic N) is 2. The fourth-order valence-corrected chi connectivity index (χ4v) is 2.49. The Morgan fingerprint density at radius 2 is 2.11 bits per heavy atom. The van der Waals surface area contributed by atoms with Gasteiger partial charge < -0.3 is 10.6 Å². The van der Waals surface area contributed by atoms with Crippen LogP contribution in [0.1, 0.15) is 5.69 Å². The standard InChI is InChI=1S/C14H19N3S/c1-10-8-11-12(9-16-10)13(15)4-5-14(11)17(2)6-7-18-3/h4-5,8-9H,6-7,15H2,1-3H3. The molecule has 2 aromatic rings. The van der Waals surface area contributed by atoms with Gasteiger partial charge in [0, 0.05) is 53.4 Å². The third kappa shape index (κ3) is 2.53. The Morgan fingerprint density at radius 1 is 1.33 bits per heavy atom. The second-order valence-electron chi connectivity index (χ2n) is 4.46. The quantitative estimate of drug-likeness (QED) is 0.859. The summed E-state index contributed by atoms with van der Waals surface area (Å²) in [4.78, 5) is 6.60. The molecule has 0 bridgehead atoms. The van der Waals surface area contributed by atoms with Crippen molar-refractivity contribution in [2.24, 2.45) is 0 Å². The van der Waals surface area contributed by atoms with E-state index in [1.165, 1.54) is 11.1 Å². The molecule has 0 fully saturated rings. The van der Waals surface area contributed by atoms with Crippen molar-refractivity contribution in [3.8, 4) is 0 Å². The van der Waals surface area contributed by atoms with Gasteiger partial charge in [-0.3, -0.25) is 4.98 Å². The molecule has 4 heteroatoms. The minimum atomic E-state index is 0.791. The third-order valence-corrected chi connectivity index (χ3v) is 3.68. The van der Waals surface area contributed by atoms with Gasteiger partial charge in [-0.25, -0.2) is 0 Å². The molecule has 0 aliphatic carbocycles. The summed E-state index contributed by atoms with van der Waals surface area (Å²) < 4.78 is 0. The van der Waals surface area contributed by atoms with Gasteiger partial charge in [0.25, 0.3) is 0 Å². The predicted molar refractivity (Wildman–Crippen MR) is 82.5 cm³/mol. The first-order valence-electron chi connectivity index (χ1n) is 5.98. The fraction of sp³-hybridized carbons (Fsp3) is 0.357. The van der Waals surface area contributed by atoms with Crippen molar-refractivity contribution in [3.05, 3.63) is 30.1 Å². The van der Waals surface area contributed by atoms with Crippen LogP contribution in [0.15, 0.2) is 24.4 Å². The average molecular weight is 261 g/mol. The monoisotopic (exact) mass is 261 g/mol.